The van der Waals surface area contributed by atoms with Crippen LogP contribution in [-0.2, 0) is 6.54 Å². The third kappa shape index (κ3) is 3.07. The number of rotatable bonds is 4. The van der Waals surface area contributed by atoms with Gasteiger partial charge in [0.25, 0.3) is 11.5 Å². The van der Waals surface area contributed by atoms with E-state index >= 15 is 0 Å². The predicted molar refractivity (Wildman–Crippen MR) is 89.1 cm³/mol. The molecule has 1 amide bonds. The molecule has 0 aliphatic carbocycles. The molecule has 0 spiro atoms. The molecule has 10 heteroatoms. The van der Waals surface area contributed by atoms with Crippen LogP contribution in [0, 0.1) is 0 Å². The highest BCUT2D eigenvalue weighted by Crippen LogP contribution is 2.33. The quantitative estimate of drug-likeness (QED) is 0.741. The highest BCUT2D eigenvalue weighted by atomic mass is 32.1. The molecule has 25 heavy (non-hydrogen) atoms. The first-order valence-corrected chi connectivity index (χ1v) is 8.71. The Morgan fingerprint density at radius 2 is 2.32 bits per heavy atom. The lowest BCUT2D eigenvalue weighted by Gasteiger charge is -2.22. The van der Waals surface area contributed by atoms with Gasteiger partial charge < -0.3 is 9.88 Å². The number of likely N-dealkylation sites (tertiary alicyclic amines) is 1. The van der Waals surface area contributed by atoms with Gasteiger partial charge in [-0.2, -0.15) is 5.10 Å². The SMILES string of the molecule is O=C(c1cnc(Cn2cncn2)[nH]c1=O)N1CCCC1c1nccs1. The lowest BCUT2D eigenvalue weighted by molar-refractivity contribution is 0.0733. The Labute approximate surface area is 146 Å². The van der Waals surface area contributed by atoms with E-state index < -0.39 is 5.56 Å². The third-order valence-electron chi connectivity index (χ3n) is 4.11. The molecule has 1 atom stereocenters. The van der Waals surface area contributed by atoms with Crippen LogP contribution in [0.1, 0.15) is 40.1 Å². The van der Waals surface area contributed by atoms with Crippen LogP contribution in [-0.4, -0.2) is 47.1 Å². The number of nitrogens with zero attached hydrogens (tertiary/aromatic N) is 6. The van der Waals surface area contributed by atoms with Crippen LogP contribution in [0.15, 0.2) is 35.2 Å². The zero-order valence-corrected chi connectivity index (χ0v) is 14.0. The molecule has 0 radical (unpaired) electrons. The fraction of sp³-hybridized carbons (Fsp3) is 0.333. The number of aromatic amines is 1. The molecule has 4 rings (SSSR count). The second-order valence-corrected chi connectivity index (χ2v) is 6.62. The van der Waals surface area contributed by atoms with Gasteiger partial charge in [-0.3, -0.25) is 9.59 Å². The van der Waals surface area contributed by atoms with Gasteiger partial charge in [0.05, 0.1) is 6.04 Å². The van der Waals surface area contributed by atoms with E-state index in [0.29, 0.717) is 12.4 Å². The molecule has 4 heterocycles. The molecule has 3 aromatic rings. The summed E-state index contributed by atoms with van der Waals surface area (Å²) in [7, 11) is 0. The molecule has 1 N–H and O–H groups in total. The molecule has 1 saturated heterocycles. The smallest absolute Gasteiger partial charge is 0.263 e. The van der Waals surface area contributed by atoms with E-state index in [1.807, 2.05) is 5.38 Å². The van der Waals surface area contributed by atoms with Crippen molar-refractivity contribution in [2.24, 2.45) is 0 Å². The Bertz CT molecular complexity index is 920. The number of amides is 1. The normalized spacial score (nSPS) is 17.1. The van der Waals surface area contributed by atoms with Crippen LogP contribution >= 0.6 is 11.3 Å². The summed E-state index contributed by atoms with van der Waals surface area (Å²) in [6.45, 7) is 0.901. The first-order valence-electron chi connectivity index (χ1n) is 7.83. The molecule has 9 nitrogen and oxygen atoms in total. The first kappa shape index (κ1) is 15.6. The van der Waals surface area contributed by atoms with Gasteiger partial charge in [0, 0.05) is 24.3 Å². The van der Waals surface area contributed by atoms with Gasteiger partial charge in [0.2, 0.25) is 0 Å². The largest absolute Gasteiger partial charge is 0.329 e. The number of nitrogens with one attached hydrogen (secondary N) is 1. The Morgan fingerprint density at radius 1 is 1.40 bits per heavy atom. The maximum atomic E-state index is 12.8. The molecule has 3 aromatic heterocycles. The number of aromatic nitrogens is 6. The van der Waals surface area contributed by atoms with Crippen LogP contribution in [0.2, 0.25) is 0 Å². The Kier molecular flexibility index (Phi) is 4.10. The first-order chi connectivity index (χ1) is 12.2. The fourth-order valence-electron chi connectivity index (χ4n) is 2.95. The van der Waals surface area contributed by atoms with Gasteiger partial charge in [0.15, 0.2) is 0 Å². The van der Waals surface area contributed by atoms with Crippen LogP contribution in [0.4, 0.5) is 0 Å². The average Bonchev–Trinajstić information content (AvgIpc) is 3.36. The molecule has 0 saturated carbocycles. The molecule has 1 unspecified atom stereocenters. The zero-order valence-electron chi connectivity index (χ0n) is 13.2. The van der Waals surface area contributed by atoms with E-state index in [0.717, 1.165) is 17.8 Å². The lowest BCUT2D eigenvalue weighted by Crippen LogP contribution is -2.35. The summed E-state index contributed by atoms with van der Waals surface area (Å²) >= 11 is 1.52. The Morgan fingerprint density at radius 3 is 3.04 bits per heavy atom. The highest BCUT2D eigenvalue weighted by Gasteiger charge is 2.33. The predicted octanol–water partition coefficient (Wildman–Crippen LogP) is 0.843. The summed E-state index contributed by atoms with van der Waals surface area (Å²) in [6, 6.07) is -0.0678. The van der Waals surface area contributed by atoms with Gasteiger partial charge in [0.1, 0.15) is 35.6 Å². The van der Waals surface area contributed by atoms with Crippen molar-refractivity contribution >= 4 is 17.2 Å². The van der Waals surface area contributed by atoms with Crippen molar-refractivity contribution in [1.29, 1.82) is 0 Å². The van der Waals surface area contributed by atoms with E-state index in [4.69, 9.17) is 0 Å². The Balaban J connectivity index is 1.56. The Hall–Kier alpha value is -2.88. The van der Waals surface area contributed by atoms with Crippen molar-refractivity contribution in [1.82, 2.24) is 34.6 Å². The van der Waals surface area contributed by atoms with E-state index in [1.165, 1.54) is 30.2 Å². The monoisotopic (exact) mass is 357 g/mol. The number of H-pyrrole nitrogens is 1. The highest BCUT2D eigenvalue weighted by molar-refractivity contribution is 7.09. The summed E-state index contributed by atoms with van der Waals surface area (Å²) in [5.41, 5.74) is -0.397. The maximum absolute atomic E-state index is 12.8. The van der Waals surface area contributed by atoms with Crippen molar-refractivity contribution in [2.75, 3.05) is 6.54 Å². The van der Waals surface area contributed by atoms with E-state index in [2.05, 4.69) is 25.0 Å². The summed E-state index contributed by atoms with van der Waals surface area (Å²) in [4.78, 5) is 41.9. The lowest BCUT2D eigenvalue weighted by atomic mass is 10.2. The number of thiazole rings is 1. The number of carbonyl (C=O) groups is 1. The van der Waals surface area contributed by atoms with Crippen LogP contribution in [0.3, 0.4) is 0 Å². The zero-order chi connectivity index (χ0) is 17.2. The van der Waals surface area contributed by atoms with E-state index in [-0.39, 0.29) is 24.1 Å². The summed E-state index contributed by atoms with van der Waals surface area (Å²) in [5.74, 6) is 0.115. The number of carbonyl (C=O) groups excluding carboxylic acids is 1. The van der Waals surface area contributed by atoms with Gasteiger partial charge >= 0.3 is 0 Å². The van der Waals surface area contributed by atoms with E-state index in [9.17, 15) is 9.59 Å². The van der Waals surface area contributed by atoms with Crippen LogP contribution in [0.5, 0.6) is 0 Å². The summed E-state index contributed by atoms with van der Waals surface area (Å²) in [5, 5.41) is 6.76. The number of hydrogen-bond acceptors (Lipinski definition) is 7. The summed E-state index contributed by atoms with van der Waals surface area (Å²) in [6.07, 6.45) is 7.75. The number of hydrogen-bond donors (Lipinski definition) is 1. The standard InChI is InChI=1S/C15H15N7O2S/c23-13-10(6-18-12(20-13)7-21-9-16-8-19-21)15(24)22-4-1-2-11(22)14-17-3-5-25-14/h3,5-6,8-9,11H,1-2,4,7H2,(H,18,20,23). The second-order valence-electron chi connectivity index (χ2n) is 5.69. The molecule has 1 aliphatic heterocycles. The van der Waals surface area contributed by atoms with Crippen molar-refractivity contribution in [3.05, 3.63) is 57.2 Å². The molecule has 0 aromatic carbocycles. The van der Waals surface area contributed by atoms with Crippen molar-refractivity contribution < 1.29 is 4.79 Å². The van der Waals surface area contributed by atoms with Gasteiger partial charge in [-0.15, -0.1) is 11.3 Å². The van der Waals surface area contributed by atoms with Crippen molar-refractivity contribution in [2.45, 2.75) is 25.4 Å². The topological polar surface area (TPSA) is 110 Å². The van der Waals surface area contributed by atoms with E-state index in [1.54, 1.807) is 15.8 Å². The van der Waals surface area contributed by atoms with Crippen LogP contribution < -0.4 is 5.56 Å². The molecule has 1 fully saturated rings. The maximum Gasteiger partial charge on any atom is 0.263 e. The third-order valence-corrected chi connectivity index (χ3v) is 4.99. The molecular formula is C15H15N7O2S. The van der Waals surface area contributed by atoms with Crippen molar-refractivity contribution in [3.8, 4) is 0 Å². The minimum Gasteiger partial charge on any atom is -0.329 e. The van der Waals surface area contributed by atoms with Crippen LogP contribution in [0.25, 0.3) is 0 Å². The average molecular weight is 357 g/mol. The minimum atomic E-state index is -0.445. The summed E-state index contributed by atoms with van der Waals surface area (Å²) < 4.78 is 1.54. The fourth-order valence-corrected chi connectivity index (χ4v) is 3.74. The molecule has 0 bridgehead atoms. The molecular weight excluding hydrogens is 342 g/mol. The minimum absolute atomic E-state index is 0.0470. The van der Waals surface area contributed by atoms with Gasteiger partial charge in [-0.25, -0.2) is 19.6 Å². The van der Waals surface area contributed by atoms with Gasteiger partial charge in [-0.1, -0.05) is 0 Å². The van der Waals surface area contributed by atoms with Crippen molar-refractivity contribution in [3.63, 3.8) is 0 Å². The molecule has 128 valence electrons. The van der Waals surface area contributed by atoms with Gasteiger partial charge in [-0.05, 0) is 12.8 Å². The second kappa shape index (κ2) is 6.55. The molecule has 1 aliphatic rings.